The molecule has 1 heterocycles. The van der Waals surface area contributed by atoms with Gasteiger partial charge in [0.15, 0.2) is 0 Å². The summed E-state index contributed by atoms with van der Waals surface area (Å²) in [6.07, 6.45) is 8.09. The van der Waals surface area contributed by atoms with Crippen molar-refractivity contribution in [1.82, 2.24) is 10.3 Å². The van der Waals surface area contributed by atoms with Gasteiger partial charge in [0.25, 0.3) is 0 Å². The lowest BCUT2D eigenvalue weighted by atomic mass is 9.77. The Balaban J connectivity index is 2.03. The van der Waals surface area contributed by atoms with E-state index in [0.717, 1.165) is 12.5 Å². The Morgan fingerprint density at radius 2 is 1.89 bits per heavy atom. The van der Waals surface area contributed by atoms with Crippen LogP contribution >= 0.6 is 0 Å². The number of hydrogen-bond acceptors (Lipinski definition) is 3. The standard InChI is InChI=1S/C14H27N3O/c1-10(14(18)16-15)11(2)17-9-5-7-12-6-3-4-8-13(12)17/h10-13H,3-9,15H2,1-2H3,(H,16,18). The summed E-state index contributed by atoms with van der Waals surface area (Å²) in [5, 5.41) is 0. The average Bonchev–Trinajstić information content (AvgIpc) is 2.44. The maximum Gasteiger partial charge on any atom is 0.238 e. The predicted octanol–water partition coefficient (Wildman–Crippen LogP) is 1.66. The molecule has 0 aromatic carbocycles. The number of hydrazine groups is 1. The molecule has 0 radical (unpaired) electrons. The fourth-order valence-electron chi connectivity index (χ4n) is 3.81. The van der Waals surface area contributed by atoms with Crippen molar-refractivity contribution in [2.75, 3.05) is 6.54 Å². The van der Waals surface area contributed by atoms with Gasteiger partial charge in [-0.3, -0.25) is 15.1 Å². The number of fused-ring (bicyclic) bond motifs is 1. The fourth-order valence-corrected chi connectivity index (χ4v) is 3.81. The van der Waals surface area contributed by atoms with Crippen molar-refractivity contribution in [3.05, 3.63) is 0 Å². The molecule has 104 valence electrons. The molecular formula is C14H27N3O. The zero-order chi connectivity index (χ0) is 13.1. The molecule has 3 N–H and O–H groups in total. The Bertz CT molecular complexity index is 293. The van der Waals surface area contributed by atoms with Crippen LogP contribution in [0.15, 0.2) is 0 Å². The first-order valence-electron chi connectivity index (χ1n) is 7.41. The van der Waals surface area contributed by atoms with E-state index in [9.17, 15) is 4.79 Å². The second-order valence-electron chi connectivity index (χ2n) is 6.03. The Morgan fingerprint density at radius 3 is 2.61 bits per heavy atom. The fraction of sp³-hybridized carbons (Fsp3) is 0.929. The number of rotatable bonds is 3. The molecule has 1 saturated heterocycles. The van der Waals surface area contributed by atoms with E-state index in [1.807, 2.05) is 6.92 Å². The average molecular weight is 253 g/mol. The monoisotopic (exact) mass is 253 g/mol. The quantitative estimate of drug-likeness (QED) is 0.457. The van der Waals surface area contributed by atoms with E-state index < -0.39 is 0 Å². The SMILES string of the molecule is CC(C(=O)NN)C(C)N1CCCC2CCCCC21. The molecule has 4 heteroatoms. The van der Waals surface area contributed by atoms with Crippen molar-refractivity contribution in [3.8, 4) is 0 Å². The highest BCUT2D eigenvalue weighted by molar-refractivity contribution is 5.78. The van der Waals surface area contributed by atoms with Gasteiger partial charge in [-0.1, -0.05) is 19.8 Å². The van der Waals surface area contributed by atoms with Gasteiger partial charge < -0.3 is 0 Å². The summed E-state index contributed by atoms with van der Waals surface area (Å²) in [5.41, 5.74) is 2.29. The third-order valence-corrected chi connectivity index (χ3v) is 5.09. The second kappa shape index (κ2) is 6.02. The van der Waals surface area contributed by atoms with E-state index in [4.69, 9.17) is 5.84 Å². The zero-order valence-electron chi connectivity index (χ0n) is 11.7. The Morgan fingerprint density at radius 1 is 1.22 bits per heavy atom. The molecule has 2 aliphatic rings. The van der Waals surface area contributed by atoms with E-state index in [1.165, 1.54) is 38.5 Å². The molecule has 0 aromatic rings. The van der Waals surface area contributed by atoms with E-state index in [2.05, 4.69) is 17.2 Å². The summed E-state index contributed by atoms with van der Waals surface area (Å²) in [4.78, 5) is 14.3. The van der Waals surface area contributed by atoms with Crippen LogP contribution in [0.4, 0.5) is 0 Å². The zero-order valence-corrected chi connectivity index (χ0v) is 11.7. The molecular weight excluding hydrogens is 226 g/mol. The normalized spacial score (nSPS) is 32.4. The highest BCUT2D eigenvalue weighted by atomic mass is 16.2. The van der Waals surface area contributed by atoms with Crippen molar-refractivity contribution < 1.29 is 4.79 Å². The highest BCUT2D eigenvalue weighted by Crippen LogP contribution is 2.37. The number of carbonyl (C=O) groups is 1. The largest absolute Gasteiger partial charge is 0.297 e. The maximum absolute atomic E-state index is 11.7. The highest BCUT2D eigenvalue weighted by Gasteiger charge is 2.37. The first kappa shape index (κ1) is 13.8. The summed E-state index contributed by atoms with van der Waals surface area (Å²) in [5.74, 6) is 6.04. The van der Waals surface area contributed by atoms with Gasteiger partial charge in [0.2, 0.25) is 5.91 Å². The Kier molecular flexibility index (Phi) is 4.62. The number of likely N-dealkylation sites (tertiary alicyclic amines) is 1. The van der Waals surface area contributed by atoms with Crippen LogP contribution in [-0.4, -0.2) is 29.4 Å². The van der Waals surface area contributed by atoms with Gasteiger partial charge in [0.05, 0.1) is 5.92 Å². The molecule has 1 aliphatic heterocycles. The lowest BCUT2D eigenvalue weighted by Gasteiger charge is -2.48. The molecule has 1 saturated carbocycles. The molecule has 4 unspecified atom stereocenters. The Labute approximate surface area is 110 Å². The number of hydrogen-bond donors (Lipinski definition) is 2. The third-order valence-electron chi connectivity index (χ3n) is 5.09. The molecule has 2 fully saturated rings. The van der Waals surface area contributed by atoms with Crippen LogP contribution in [0.1, 0.15) is 52.4 Å². The van der Waals surface area contributed by atoms with Crippen molar-refractivity contribution >= 4 is 5.91 Å². The first-order chi connectivity index (χ1) is 8.65. The molecule has 4 nitrogen and oxygen atoms in total. The van der Waals surface area contributed by atoms with Gasteiger partial charge in [0, 0.05) is 12.1 Å². The topological polar surface area (TPSA) is 58.4 Å². The molecule has 0 spiro atoms. The van der Waals surface area contributed by atoms with E-state index in [-0.39, 0.29) is 11.8 Å². The van der Waals surface area contributed by atoms with Crippen molar-refractivity contribution in [2.45, 2.75) is 64.5 Å². The van der Waals surface area contributed by atoms with Gasteiger partial charge in [-0.15, -0.1) is 0 Å². The lowest BCUT2D eigenvalue weighted by molar-refractivity contribution is -0.127. The Hall–Kier alpha value is -0.610. The van der Waals surface area contributed by atoms with Crippen LogP contribution in [0.5, 0.6) is 0 Å². The van der Waals surface area contributed by atoms with Gasteiger partial charge in [-0.2, -0.15) is 0 Å². The molecule has 0 bridgehead atoms. The van der Waals surface area contributed by atoms with Crippen LogP contribution in [-0.2, 0) is 4.79 Å². The van der Waals surface area contributed by atoms with Crippen LogP contribution in [0.25, 0.3) is 0 Å². The maximum atomic E-state index is 11.7. The number of carbonyl (C=O) groups excluding carboxylic acids is 1. The summed E-state index contributed by atoms with van der Waals surface area (Å²) < 4.78 is 0. The van der Waals surface area contributed by atoms with E-state index in [1.54, 1.807) is 0 Å². The van der Waals surface area contributed by atoms with Gasteiger partial charge in [-0.05, 0) is 45.1 Å². The predicted molar refractivity (Wildman–Crippen MR) is 72.6 cm³/mol. The summed E-state index contributed by atoms with van der Waals surface area (Å²) >= 11 is 0. The minimum atomic E-state index is -0.0413. The number of nitrogens with one attached hydrogen (secondary N) is 1. The van der Waals surface area contributed by atoms with Gasteiger partial charge in [-0.25, -0.2) is 5.84 Å². The van der Waals surface area contributed by atoms with Crippen LogP contribution in [0.3, 0.4) is 0 Å². The van der Waals surface area contributed by atoms with E-state index in [0.29, 0.717) is 12.1 Å². The molecule has 1 aliphatic carbocycles. The smallest absolute Gasteiger partial charge is 0.238 e. The summed E-state index contributed by atoms with van der Waals surface area (Å²) in [6.45, 7) is 5.31. The molecule has 2 rings (SSSR count). The number of nitrogens with zero attached hydrogens (tertiary/aromatic N) is 1. The summed E-state index contributed by atoms with van der Waals surface area (Å²) in [6, 6.07) is 0.995. The van der Waals surface area contributed by atoms with Crippen molar-refractivity contribution in [2.24, 2.45) is 17.7 Å². The van der Waals surface area contributed by atoms with Crippen LogP contribution in [0, 0.1) is 11.8 Å². The molecule has 0 aromatic heterocycles. The van der Waals surface area contributed by atoms with Gasteiger partial charge in [0.1, 0.15) is 0 Å². The second-order valence-corrected chi connectivity index (χ2v) is 6.03. The van der Waals surface area contributed by atoms with Crippen LogP contribution < -0.4 is 11.3 Å². The number of amides is 1. The van der Waals surface area contributed by atoms with Crippen molar-refractivity contribution in [1.29, 1.82) is 0 Å². The van der Waals surface area contributed by atoms with Crippen molar-refractivity contribution in [3.63, 3.8) is 0 Å². The molecule has 18 heavy (non-hydrogen) atoms. The van der Waals surface area contributed by atoms with E-state index >= 15 is 0 Å². The minimum Gasteiger partial charge on any atom is -0.297 e. The van der Waals surface area contributed by atoms with Gasteiger partial charge >= 0.3 is 0 Å². The van der Waals surface area contributed by atoms with Crippen LogP contribution in [0.2, 0.25) is 0 Å². The number of nitrogens with two attached hydrogens (primary N) is 1. The number of piperidine rings is 1. The third kappa shape index (κ3) is 2.69. The minimum absolute atomic E-state index is 0.0318. The molecule has 4 atom stereocenters. The lowest BCUT2D eigenvalue weighted by Crippen LogP contribution is -2.54. The first-order valence-corrected chi connectivity index (χ1v) is 7.41. The molecule has 1 amide bonds. The summed E-state index contributed by atoms with van der Waals surface area (Å²) in [7, 11) is 0.